The highest BCUT2D eigenvalue weighted by Crippen LogP contribution is 2.23. The fourth-order valence-corrected chi connectivity index (χ4v) is 3.30. The van der Waals surface area contributed by atoms with Crippen LogP contribution in [0.5, 0.6) is 0 Å². The van der Waals surface area contributed by atoms with Gasteiger partial charge in [-0.05, 0) is 42.8 Å². The molecule has 1 heterocycles. The second kappa shape index (κ2) is 8.67. The van der Waals surface area contributed by atoms with Gasteiger partial charge in [-0.25, -0.2) is 8.78 Å². The van der Waals surface area contributed by atoms with E-state index in [4.69, 9.17) is 11.6 Å². The molecule has 3 rings (SSSR count). The molecule has 0 aliphatic carbocycles. The first-order chi connectivity index (χ1) is 13.4. The van der Waals surface area contributed by atoms with Crippen LogP contribution in [0.25, 0.3) is 0 Å². The average Bonchev–Trinajstić information content (AvgIpc) is 2.93. The number of rotatable bonds is 3. The molecule has 1 atom stereocenters. The maximum Gasteiger partial charge on any atom is 0.256 e. The molecule has 1 unspecified atom stereocenters. The summed E-state index contributed by atoms with van der Waals surface area (Å²) in [5, 5.41) is 10.5. The minimum absolute atomic E-state index is 0.141. The van der Waals surface area contributed by atoms with Gasteiger partial charge in [0, 0.05) is 42.3 Å². The number of carbonyl (C=O) groups excluding carboxylic acids is 2. The Hall–Kier alpha value is -2.51. The van der Waals surface area contributed by atoms with Gasteiger partial charge in [-0.3, -0.25) is 9.59 Å². The van der Waals surface area contributed by atoms with Crippen molar-refractivity contribution >= 4 is 23.4 Å². The summed E-state index contributed by atoms with van der Waals surface area (Å²) in [6, 6.07) is 9.00. The first-order valence-electron chi connectivity index (χ1n) is 8.83. The summed E-state index contributed by atoms with van der Waals surface area (Å²) >= 11 is 5.70. The molecule has 1 aliphatic rings. The number of benzene rings is 2. The summed E-state index contributed by atoms with van der Waals surface area (Å²) in [4.78, 5) is 28.2. The third kappa shape index (κ3) is 4.48. The molecule has 1 N–H and O–H groups in total. The van der Waals surface area contributed by atoms with Crippen LogP contribution in [0.1, 0.15) is 28.4 Å². The molecule has 0 aromatic heterocycles. The van der Waals surface area contributed by atoms with E-state index in [1.807, 2.05) is 0 Å². The van der Waals surface area contributed by atoms with Crippen LogP contribution in [0, 0.1) is 11.6 Å². The molecular formula is C20H19ClF2N2O3. The fourth-order valence-electron chi connectivity index (χ4n) is 3.15. The number of hydrogen-bond donors (Lipinski definition) is 1. The van der Waals surface area contributed by atoms with E-state index in [1.54, 1.807) is 4.90 Å². The molecule has 0 radical (unpaired) electrons. The lowest BCUT2D eigenvalue weighted by atomic mass is 10.1. The maximum atomic E-state index is 14.0. The lowest BCUT2D eigenvalue weighted by molar-refractivity contribution is -0.140. The largest absolute Gasteiger partial charge is 0.378 e. The van der Waals surface area contributed by atoms with Crippen molar-refractivity contribution in [2.75, 3.05) is 26.2 Å². The summed E-state index contributed by atoms with van der Waals surface area (Å²) < 4.78 is 27.0. The van der Waals surface area contributed by atoms with Crippen LogP contribution in [0.3, 0.4) is 0 Å². The predicted molar refractivity (Wildman–Crippen MR) is 99.9 cm³/mol. The zero-order valence-electron chi connectivity index (χ0n) is 14.9. The van der Waals surface area contributed by atoms with Crippen molar-refractivity contribution < 1.29 is 23.5 Å². The molecule has 2 aromatic rings. The molecular weight excluding hydrogens is 390 g/mol. The van der Waals surface area contributed by atoms with Gasteiger partial charge in [-0.1, -0.05) is 17.7 Å². The van der Waals surface area contributed by atoms with Crippen LogP contribution < -0.4 is 0 Å². The van der Waals surface area contributed by atoms with Gasteiger partial charge in [0.25, 0.3) is 11.8 Å². The standard InChI is InChI=1S/C20H19ClF2N2O3/c21-14-4-7-16(17(23)12-14)18(26)20(28)25-9-1-8-24(10-11-25)19(27)13-2-5-15(22)6-3-13/h2-7,12,18,26H,1,8-11H2. The van der Waals surface area contributed by atoms with Crippen LogP contribution in [-0.2, 0) is 4.79 Å². The van der Waals surface area contributed by atoms with Gasteiger partial charge in [0.1, 0.15) is 11.6 Å². The van der Waals surface area contributed by atoms with Gasteiger partial charge < -0.3 is 14.9 Å². The van der Waals surface area contributed by atoms with Gasteiger partial charge in [-0.15, -0.1) is 0 Å². The van der Waals surface area contributed by atoms with Crippen LogP contribution in [0.15, 0.2) is 42.5 Å². The quantitative estimate of drug-likeness (QED) is 0.849. The SMILES string of the molecule is O=C(c1ccc(F)cc1)N1CCCN(C(=O)C(O)c2ccc(Cl)cc2F)CC1. The van der Waals surface area contributed by atoms with Gasteiger partial charge in [0.05, 0.1) is 0 Å². The molecule has 5 nitrogen and oxygen atoms in total. The molecule has 8 heteroatoms. The molecule has 1 saturated heterocycles. The van der Waals surface area contributed by atoms with E-state index in [0.29, 0.717) is 25.1 Å². The van der Waals surface area contributed by atoms with E-state index in [1.165, 1.54) is 41.3 Å². The Bertz CT molecular complexity index is 876. The Morgan fingerprint density at radius 2 is 1.61 bits per heavy atom. The number of amides is 2. The minimum Gasteiger partial charge on any atom is -0.378 e. The number of aliphatic hydroxyl groups excluding tert-OH is 1. The van der Waals surface area contributed by atoms with E-state index in [9.17, 15) is 23.5 Å². The smallest absolute Gasteiger partial charge is 0.256 e. The van der Waals surface area contributed by atoms with Gasteiger partial charge in [-0.2, -0.15) is 0 Å². The second-order valence-electron chi connectivity index (χ2n) is 6.55. The Morgan fingerprint density at radius 1 is 0.964 bits per heavy atom. The Morgan fingerprint density at radius 3 is 2.29 bits per heavy atom. The number of nitrogens with zero attached hydrogens (tertiary/aromatic N) is 2. The summed E-state index contributed by atoms with van der Waals surface area (Å²) in [6.45, 7) is 1.22. The summed E-state index contributed by atoms with van der Waals surface area (Å²) in [7, 11) is 0. The first kappa shape index (κ1) is 20.2. The molecule has 0 saturated carbocycles. The highest BCUT2D eigenvalue weighted by atomic mass is 35.5. The molecule has 148 valence electrons. The number of carbonyl (C=O) groups is 2. The molecule has 2 amide bonds. The zero-order valence-corrected chi connectivity index (χ0v) is 15.7. The Labute approximate surface area is 166 Å². The number of halogens is 3. The van der Waals surface area contributed by atoms with E-state index < -0.39 is 23.6 Å². The molecule has 2 aromatic carbocycles. The monoisotopic (exact) mass is 408 g/mol. The summed E-state index contributed by atoms with van der Waals surface area (Å²) in [5.41, 5.74) is 0.224. The maximum absolute atomic E-state index is 14.0. The lowest BCUT2D eigenvalue weighted by Gasteiger charge is -2.24. The first-order valence-corrected chi connectivity index (χ1v) is 9.21. The molecule has 28 heavy (non-hydrogen) atoms. The molecule has 1 fully saturated rings. The van der Waals surface area contributed by atoms with Crippen LogP contribution in [-0.4, -0.2) is 52.9 Å². The van der Waals surface area contributed by atoms with Gasteiger partial charge in [0.15, 0.2) is 6.10 Å². The van der Waals surface area contributed by atoms with Gasteiger partial charge in [0.2, 0.25) is 0 Å². The number of aliphatic hydroxyl groups is 1. The topological polar surface area (TPSA) is 60.9 Å². The molecule has 1 aliphatic heterocycles. The molecule has 0 bridgehead atoms. The number of hydrogen-bond acceptors (Lipinski definition) is 3. The molecule has 0 spiro atoms. The fraction of sp³-hybridized carbons (Fsp3) is 0.300. The van der Waals surface area contributed by atoms with Crippen LogP contribution in [0.4, 0.5) is 8.78 Å². The normalized spacial score (nSPS) is 15.9. The Balaban J connectivity index is 1.66. The highest BCUT2D eigenvalue weighted by molar-refractivity contribution is 6.30. The van der Waals surface area contributed by atoms with E-state index in [2.05, 4.69) is 0 Å². The van der Waals surface area contributed by atoms with Crippen LogP contribution in [0.2, 0.25) is 5.02 Å². The highest BCUT2D eigenvalue weighted by Gasteiger charge is 2.29. The summed E-state index contributed by atoms with van der Waals surface area (Å²) in [6.07, 6.45) is -1.13. The summed E-state index contributed by atoms with van der Waals surface area (Å²) in [5.74, 6) is -2.06. The van der Waals surface area contributed by atoms with Crippen molar-refractivity contribution in [1.29, 1.82) is 0 Å². The van der Waals surface area contributed by atoms with Gasteiger partial charge >= 0.3 is 0 Å². The zero-order chi connectivity index (χ0) is 20.3. The predicted octanol–water partition coefficient (Wildman–Crippen LogP) is 3.03. The van der Waals surface area contributed by atoms with Crippen molar-refractivity contribution in [3.63, 3.8) is 0 Å². The van der Waals surface area contributed by atoms with E-state index >= 15 is 0 Å². The lowest BCUT2D eigenvalue weighted by Crippen LogP contribution is -2.39. The second-order valence-corrected chi connectivity index (χ2v) is 6.98. The average molecular weight is 409 g/mol. The third-order valence-electron chi connectivity index (χ3n) is 4.68. The minimum atomic E-state index is -1.64. The van der Waals surface area contributed by atoms with Crippen LogP contribution >= 0.6 is 11.6 Å². The van der Waals surface area contributed by atoms with Crippen molar-refractivity contribution in [2.24, 2.45) is 0 Å². The van der Waals surface area contributed by atoms with Crippen molar-refractivity contribution in [3.8, 4) is 0 Å². The third-order valence-corrected chi connectivity index (χ3v) is 4.91. The van der Waals surface area contributed by atoms with E-state index in [0.717, 1.165) is 6.07 Å². The Kier molecular flexibility index (Phi) is 6.26. The van der Waals surface area contributed by atoms with E-state index in [-0.39, 0.29) is 29.6 Å². The van der Waals surface area contributed by atoms with Crippen molar-refractivity contribution in [1.82, 2.24) is 9.80 Å². The van der Waals surface area contributed by atoms with Crippen molar-refractivity contribution in [2.45, 2.75) is 12.5 Å². The van der Waals surface area contributed by atoms with Crippen molar-refractivity contribution in [3.05, 3.63) is 70.2 Å².